The number of hydrogen-bond acceptors (Lipinski definition) is 6. The molecule has 0 atom stereocenters. The minimum absolute atomic E-state index is 0.0113. The number of nitro benzene ring substituents is 1. The van der Waals surface area contributed by atoms with Crippen LogP contribution in [0.1, 0.15) is 21.5 Å². The molecule has 1 aromatic heterocycles. The Balaban J connectivity index is 1.46. The highest BCUT2D eigenvalue weighted by Gasteiger charge is 2.24. The van der Waals surface area contributed by atoms with Crippen LogP contribution >= 0.6 is 11.3 Å². The molecule has 4 rings (SSSR count). The maximum atomic E-state index is 12.7. The van der Waals surface area contributed by atoms with E-state index in [1.165, 1.54) is 40.1 Å². The van der Waals surface area contributed by atoms with E-state index < -0.39 is 4.92 Å². The summed E-state index contributed by atoms with van der Waals surface area (Å²) >= 11 is 1.70. The summed E-state index contributed by atoms with van der Waals surface area (Å²) in [5, 5.41) is 11.8. The summed E-state index contributed by atoms with van der Waals surface area (Å²) in [5.41, 5.74) is 3.93. The molecule has 0 unspecified atom stereocenters. The second kappa shape index (κ2) is 7.20. The number of amides is 1. The van der Waals surface area contributed by atoms with Gasteiger partial charge in [-0.3, -0.25) is 14.9 Å². The van der Waals surface area contributed by atoms with Gasteiger partial charge in [-0.25, -0.2) is 4.98 Å². The monoisotopic (exact) mass is 396 g/mol. The van der Waals surface area contributed by atoms with Crippen molar-refractivity contribution in [1.29, 1.82) is 0 Å². The smallest absolute Gasteiger partial charge is 0.269 e. The number of anilines is 1. The molecule has 1 aliphatic rings. The number of nitrogens with zero attached hydrogens (tertiary/aromatic N) is 4. The molecule has 144 valence electrons. The van der Waals surface area contributed by atoms with Gasteiger partial charge >= 0.3 is 0 Å². The predicted molar refractivity (Wildman–Crippen MR) is 110 cm³/mol. The van der Waals surface area contributed by atoms with Crippen LogP contribution in [0.2, 0.25) is 0 Å². The van der Waals surface area contributed by atoms with Gasteiger partial charge in [0.15, 0.2) is 5.13 Å². The van der Waals surface area contributed by atoms with Gasteiger partial charge in [0.25, 0.3) is 11.6 Å². The van der Waals surface area contributed by atoms with Crippen LogP contribution in [0.4, 0.5) is 10.8 Å². The highest BCUT2D eigenvalue weighted by atomic mass is 32.1. The fourth-order valence-electron chi connectivity index (χ4n) is 3.39. The van der Waals surface area contributed by atoms with Crippen LogP contribution in [0.15, 0.2) is 36.4 Å². The normalized spacial score (nSPS) is 14.5. The molecule has 7 nitrogen and oxygen atoms in total. The molecule has 0 bridgehead atoms. The van der Waals surface area contributed by atoms with Gasteiger partial charge < -0.3 is 9.80 Å². The summed E-state index contributed by atoms with van der Waals surface area (Å²) in [4.78, 5) is 31.8. The largest absolute Gasteiger partial charge is 0.345 e. The van der Waals surface area contributed by atoms with Crippen molar-refractivity contribution < 1.29 is 9.72 Å². The van der Waals surface area contributed by atoms with Crippen molar-refractivity contribution in [3.8, 4) is 0 Å². The van der Waals surface area contributed by atoms with E-state index in [1.807, 2.05) is 0 Å². The first-order chi connectivity index (χ1) is 13.4. The lowest BCUT2D eigenvalue weighted by Gasteiger charge is -2.34. The van der Waals surface area contributed by atoms with Gasteiger partial charge in [-0.05, 0) is 37.1 Å². The van der Waals surface area contributed by atoms with E-state index in [4.69, 9.17) is 4.98 Å². The van der Waals surface area contributed by atoms with Gasteiger partial charge in [0.2, 0.25) is 0 Å². The van der Waals surface area contributed by atoms with Crippen LogP contribution in [0.5, 0.6) is 0 Å². The lowest BCUT2D eigenvalue weighted by Crippen LogP contribution is -2.48. The molecular weight excluding hydrogens is 376 g/mol. The maximum Gasteiger partial charge on any atom is 0.269 e. The molecule has 1 amide bonds. The van der Waals surface area contributed by atoms with E-state index in [-0.39, 0.29) is 11.6 Å². The highest BCUT2D eigenvalue weighted by molar-refractivity contribution is 7.22. The number of rotatable bonds is 3. The standard InChI is InChI=1S/C20H20N4O3S/c1-13-3-4-14(2)18-17(13)21-20(28-18)23-11-9-22(10-12-23)19(25)15-5-7-16(8-6-15)24(26)27/h3-8H,9-12H2,1-2H3. The number of non-ortho nitro benzene ring substituents is 1. The second-order valence-corrected chi connectivity index (χ2v) is 7.93. The molecule has 0 spiro atoms. The molecule has 1 fully saturated rings. The fraction of sp³-hybridized carbons (Fsp3) is 0.300. The first-order valence-corrected chi connectivity index (χ1v) is 9.91. The molecule has 1 saturated heterocycles. The number of carbonyl (C=O) groups excluding carboxylic acids is 1. The molecule has 0 N–H and O–H groups in total. The number of hydrogen-bond donors (Lipinski definition) is 0. The van der Waals surface area contributed by atoms with Gasteiger partial charge in [0.05, 0.1) is 15.1 Å². The predicted octanol–water partition coefficient (Wildman–Crippen LogP) is 3.78. The number of benzene rings is 2. The topological polar surface area (TPSA) is 79.6 Å². The van der Waals surface area contributed by atoms with Crippen molar-refractivity contribution in [2.75, 3.05) is 31.1 Å². The van der Waals surface area contributed by atoms with E-state index in [2.05, 4.69) is 30.9 Å². The quantitative estimate of drug-likeness (QED) is 0.497. The van der Waals surface area contributed by atoms with E-state index in [0.29, 0.717) is 18.7 Å². The zero-order chi connectivity index (χ0) is 19.8. The number of fused-ring (bicyclic) bond motifs is 1. The molecule has 1 aliphatic heterocycles. The zero-order valence-electron chi connectivity index (χ0n) is 15.7. The van der Waals surface area contributed by atoms with Gasteiger partial charge in [0, 0.05) is 43.9 Å². The molecule has 28 heavy (non-hydrogen) atoms. The Labute approximate surface area is 166 Å². The lowest BCUT2D eigenvalue weighted by molar-refractivity contribution is -0.384. The summed E-state index contributed by atoms with van der Waals surface area (Å²) in [7, 11) is 0. The third kappa shape index (κ3) is 3.31. The summed E-state index contributed by atoms with van der Waals surface area (Å²) in [6, 6.07) is 10.0. The Hall–Kier alpha value is -3.00. The van der Waals surface area contributed by atoms with Crippen molar-refractivity contribution in [3.63, 3.8) is 0 Å². The first-order valence-electron chi connectivity index (χ1n) is 9.09. The number of carbonyl (C=O) groups is 1. The summed E-state index contributed by atoms with van der Waals surface area (Å²) in [5.74, 6) is -0.0921. The Morgan fingerprint density at radius 1 is 1.04 bits per heavy atom. The van der Waals surface area contributed by atoms with Crippen molar-refractivity contribution in [1.82, 2.24) is 9.88 Å². The van der Waals surface area contributed by atoms with Crippen molar-refractivity contribution in [2.45, 2.75) is 13.8 Å². The van der Waals surface area contributed by atoms with Crippen LogP contribution in [-0.4, -0.2) is 46.9 Å². The number of thiazole rings is 1. The Morgan fingerprint density at radius 2 is 1.68 bits per heavy atom. The lowest BCUT2D eigenvalue weighted by atomic mass is 10.1. The molecule has 0 radical (unpaired) electrons. The molecule has 8 heteroatoms. The number of aryl methyl sites for hydroxylation is 2. The minimum atomic E-state index is -0.464. The highest BCUT2D eigenvalue weighted by Crippen LogP contribution is 2.33. The van der Waals surface area contributed by atoms with Crippen LogP contribution < -0.4 is 4.90 Å². The maximum absolute atomic E-state index is 12.7. The van der Waals surface area contributed by atoms with Crippen LogP contribution in [-0.2, 0) is 0 Å². The van der Waals surface area contributed by atoms with Crippen LogP contribution in [0.25, 0.3) is 10.2 Å². The van der Waals surface area contributed by atoms with Gasteiger partial charge in [-0.15, -0.1) is 0 Å². The summed E-state index contributed by atoms with van der Waals surface area (Å²) in [6.45, 7) is 6.82. The van der Waals surface area contributed by atoms with Gasteiger partial charge in [0.1, 0.15) is 0 Å². The van der Waals surface area contributed by atoms with E-state index in [0.717, 1.165) is 23.7 Å². The molecule has 0 aliphatic carbocycles. The minimum Gasteiger partial charge on any atom is -0.345 e. The van der Waals surface area contributed by atoms with Crippen molar-refractivity contribution in [2.24, 2.45) is 0 Å². The number of nitro groups is 1. The average molecular weight is 396 g/mol. The van der Waals surface area contributed by atoms with Crippen LogP contribution in [0, 0.1) is 24.0 Å². The molecule has 2 heterocycles. The van der Waals surface area contributed by atoms with E-state index >= 15 is 0 Å². The van der Waals surface area contributed by atoms with Gasteiger partial charge in [-0.2, -0.15) is 0 Å². The third-order valence-corrected chi connectivity index (χ3v) is 6.34. The van der Waals surface area contributed by atoms with Gasteiger partial charge in [-0.1, -0.05) is 23.5 Å². The molecule has 0 saturated carbocycles. The molecular formula is C20H20N4O3S. The molecule has 3 aromatic rings. The SMILES string of the molecule is Cc1ccc(C)c2sc(N3CCN(C(=O)c4ccc([N+](=O)[O-])cc4)CC3)nc12. The summed E-state index contributed by atoms with van der Waals surface area (Å²) < 4.78 is 1.22. The second-order valence-electron chi connectivity index (χ2n) is 6.96. The number of piperazine rings is 1. The Kier molecular flexibility index (Phi) is 4.72. The van der Waals surface area contributed by atoms with Crippen molar-refractivity contribution >= 4 is 38.3 Å². The Bertz CT molecular complexity index is 1010. The average Bonchev–Trinajstić information content (AvgIpc) is 3.17. The van der Waals surface area contributed by atoms with Crippen molar-refractivity contribution in [3.05, 3.63) is 63.2 Å². The molecule has 2 aromatic carbocycles. The third-order valence-electron chi connectivity index (χ3n) is 5.09. The number of aromatic nitrogens is 1. The van der Waals surface area contributed by atoms with Crippen LogP contribution in [0.3, 0.4) is 0 Å². The van der Waals surface area contributed by atoms with E-state index in [1.54, 1.807) is 16.2 Å². The Morgan fingerprint density at radius 3 is 2.29 bits per heavy atom. The summed E-state index contributed by atoms with van der Waals surface area (Å²) in [6.07, 6.45) is 0. The first kappa shape index (κ1) is 18.4. The zero-order valence-corrected chi connectivity index (χ0v) is 16.5. The van der Waals surface area contributed by atoms with E-state index in [9.17, 15) is 14.9 Å². The fourth-order valence-corrected chi connectivity index (χ4v) is 4.56.